The summed E-state index contributed by atoms with van der Waals surface area (Å²) in [5.74, 6) is -0.188. The lowest BCUT2D eigenvalue weighted by Crippen LogP contribution is -2.53. The molecule has 25 heavy (non-hydrogen) atoms. The van der Waals surface area contributed by atoms with Crippen molar-refractivity contribution in [3.8, 4) is 0 Å². The average Bonchev–Trinajstić information content (AvgIpc) is 2.57. The third kappa shape index (κ3) is 3.66. The van der Waals surface area contributed by atoms with E-state index in [1.807, 2.05) is 37.2 Å². The Labute approximate surface area is 148 Å². The fourth-order valence-corrected chi connectivity index (χ4v) is 3.52. The minimum atomic E-state index is -0.491. The molecule has 1 N–H and O–H groups in total. The highest BCUT2D eigenvalue weighted by molar-refractivity contribution is 6.05. The van der Waals surface area contributed by atoms with Gasteiger partial charge in [-0.1, -0.05) is 30.3 Å². The summed E-state index contributed by atoms with van der Waals surface area (Å²) in [5, 5.41) is 5.14. The maximum Gasteiger partial charge on any atom is 0.249 e. The number of hydrogen-bond donors (Lipinski definition) is 1. The fraction of sp³-hybridized carbons (Fsp3) is 0.400. The van der Waals surface area contributed by atoms with Crippen molar-refractivity contribution in [2.24, 2.45) is 0 Å². The van der Waals surface area contributed by atoms with E-state index in [-0.39, 0.29) is 11.8 Å². The van der Waals surface area contributed by atoms with Gasteiger partial charge in [-0.2, -0.15) is 0 Å². The van der Waals surface area contributed by atoms with Gasteiger partial charge in [0.25, 0.3) is 0 Å². The number of fused-ring (bicyclic) bond motifs is 3. The van der Waals surface area contributed by atoms with Crippen LogP contribution >= 0.6 is 0 Å². The third-order valence-corrected chi connectivity index (χ3v) is 4.64. The topological polar surface area (TPSA) is 52.7 Å². The maximum absolute atomic E-state index is 12.9. The van der Waals surface area contributed by atoms with Gasteiger partial charge in [-0.25, -0.2) is 0 Å². The van der Waals surface area contributed by atoms with Gasteiger partial charge in [-0.15, -0.1) is 0 Å². The van der Waals surface area contributed by atoms with E-state index in [1.165, 1.54) is 6.92 Å². The number of amides is 2. The largest absolute Gasteiger partial charge is 0.344 e. The Balaban J connectivity index is 2.00. The van der Waals surface area contributed by atoms with E-state index in [0.717, 1.165) is 35.0 Å². The van der Waals surface area contributed by atoms with Crippen LogP contribution in [0.1, 0.15) is 18.9 Å². The molecule has 2 amide bonds. The Bertz CT molecular complexity index is 801. The third-order valence-electron chi connectivity index (χ3n) is 4.64. The summed E-state index contributed by atoms with van der Waals surface area (Å²) in [7, 11) is 4.05. The number of hydrogen-bond acceptors (Lipinski definition) is 3. The van der Waals surface area contributed by atoms with Gasteiger partial charge in [-0.05, 0) is 49.5 Å². The maximum atomic E-state index is 12.9. The van der Waals surface area contributed by atoms with Crippen molar-refractivity contribution < 1.29 is 9.59 Å². The first kappa shape index (κ1) is 17.4. The second-order valence-corrected chi connectivity index (χ2v) is 6.89. The lowest BCUT2D eigenvalue weighted by molar-refractivity contribution is -0.126. The van der Waals surface area contributed by atoms with E-state index in [4.69, 9.17) is 0 Å². The van der Waals surface area contributed by atoms with Crippen molar-refractivity contribution in [1.29, 1.82) is 0 Å². The zero-order valence-electron chi connectivity index (χ0n) is 15.1. The minimum Gasteiger partial charge on any atom is -0.344 e. The van der Waals surface area contributed by atoms with E-state index < -0.39 is 6.04 Å². The van der Waals surface area contributed by atoms with E-state index in [0.29, 0.717) is 13.0 Å². The molecule has 3 rings (SSSR count). The molecular formula is C20H25N3O2. The Kier molecular flexibility index (Phi) is 5.04. The van der Waals surface area contributed by atoms with Crippen LogP contribution in [0.3, 0.4) is 0 Å². The lowest BCUT2D eigenvalue weighted by Gasteiger charge is -2.35. The predicted molar refractivity (Wildman–Crippen MR) is 101 cm³/mol. The van der Waals surface area contributed by atoms with Crippen LogP contribution in [-0.4, -0.2) is 49.9 Å². The summed E-state index contributed by atoms with van der Waals surface area (Å²) < 4.78 is 0. The molecule has 0 aromatic heterocycles. The molecule has 0 spiro atoms. The molecule has 1 atom stereocenters. The number of anilines is 1. The SMILES string of the molecule is CC(=O)NC1Cc2c(ccc3ccccc23)N(CCCN(C)C)C1=O. The van der Waals surface area contributed by atoms with Crippen molar-refractivity contribution in [2.45, 2.75) is 25.8 Å². The predicted octanol–water partition coefficient (Wildman–Crippen LogP) is 2.19. The van der Waals surface area contributed by atoms with Crippen molar-refractivity contribution in [2.75, 3.05) is 32.1 Å². The van der Waals surface area contributed by atoms with Gasteiger partial charge in [0.2, 0.25) is 11.8 Å². The molecule has 5 heteroatoms. The highest BCUT2D eigenvalue weighted by atomic mass is 16.2. The number of carbonyl (C=O) groups is 2. The van der Waals surface area contributed by atoms with Gasteiger partial charge in [0.1, 0.15) is 6.04 Å². The summed E-state index contributed by atoms with van der Waals surface area (Å²) in [6, 6.07) is 11.8. The van der Waals surface area contributed by atoms with Crippen LogP contribution in [0.25, 0.3) is 10.8 Å². The number of nitrogens with zero attached hydrogens (tertiary/aromatic N) is 2. The molecule has 0 bridgehead atoms. The summed E-state index contributed by atoms with van der Waals surface area (Å²) >= 11 is 0. The lowest BCUT2D eigenvalue weighted by atomic mass is 9.92. The molecule has 1 unspecified atom stereocenters. The van der Waals surface area contributed by atoms with Crippen molar-refractivity contribution in [1.82, 2.24) is 10.2 Å². The van der Waals surface area contributed by atoms with Gasteiger partial charge in [-0.3, -0.25) is 9.59 Å². The first-order chi connectivity index (χ1) is 12.0. The highest BCUT2D eigenvalue weighted by Crippen LogP contribution is 2.34. The number of benzene rings is 2. The smallest absolute Gasteiger partial charge is 0.249 e. The number of nitrogens with one attached hydrogen (secondary N) is 1. The summed E-state index contributed by atoms with van der Waals surface area (Å²) in [6.07, 6.45) is 1.43. The molecule has 0 saturated carbocycles. The zero-order valence-corrected chi connectivity index (χ0v) is 15.1. The fourth-order valence-electron chi connectivity index (χ4n) is 3.52. The zero-order chi connectivity index (χ0) is 18.0. The molecule has 1 aliphatic rings. The molecule has 0 radical (unpaired) electrons. The molecule has 0 saturated heterocycles. The normalized spacial score (nSPS) is 17.0. The molecule has 2 aromatic rings. The van der Waals surface area contributed by atoms with Gasteiger partial charge < -0.3 is 15.1 Å². The highest BCUT2D eigenvalue weighted by Gasteiger charge is 2.33. The minimum absolute atomic E-state index is 0.0169. The van der Waals surface area contributed by atoms with Crippen LogP contribution in [-0.2, 0) is 16.0 Å². The van der Waals surface area contributed by atoms with Crippen LogP contribution in [0, 0.1) is 0 Å². The van der Waals surface area contributed by atoms with Crippen LogP contribution < -0.4 is 10.2 Å². The van der Waals surface area contributed by atoms with E-state index in [1.54, 1.807) is 0 Å². The van der Waals surface area contributed by atoms with Crippen LogP contribution in [0.4, 0.5) is 5.69 Å². The van der Waals surface area contributed by atoms with Gasteiger partial charge in [0, 0.05) is 25.6 Å². The molecule has 5 nitrogen and oxygen atoms in total. The van der Waals surface area contributed by atoms with Gasteiger partial charge in [0.15, 0.2) is 0 Å². The molecule has 1 heterocycles. The van der Waals surface area contributed by atoms with Crippen LogP contribution in [0.2, 0.25) is 0 Å². The summed E-state index contributed by atoms with van der Waals surface area (Å²) in [6.45, 7) is 3.03. The Hall–Kier alpha value is -2.40. The van der Waals surface area contributed by atoms with Crippen molar-refractivity contribution in [3.63, 3.8) is 0 Å². The molecule has 0 aliphatic carbocycles. The first-order valence-electron chi connectivity index (χ1n) is 8.71. The Morgan fingerprint density at radius 1 is 1.24 bits per heavy atom. The van der Waals surface area contributed by atoms with Gasteiger partial charge in [0.05, 0.1) is 0 Å². The molecule has 2 aromatic carbocycles. The van der Waals surface area contributed by atoms with Crippen molar-refractivity contribution >= 4 is 28.3 Å². The molecule has 1 aliphatic heterocycles. The second-order valence-electron chi connectivity index (χ2n) is 6.89. The van der Waals surface area contributed by atoms with Crippen molar-refractivity contribution in [3.05, 3.63) is 42.0 Å². The number of rotatable bonds is 5. The van der Waals surface area contributed by atoms with Crippen LogP contribution in [0.5, 0.6) is 0 Å². The second kappa shape index (κ2) is 7.23. The average molecular weight is 339 g/mol. The Morgan fingerprint density at radius 3 is 2.72 bits per heavy atom. The monoisotopic (exact) mass is 339 g/mol. The molecule has 132 valence electrons. The van der Waals surface area contributed by atoms with Gasteiger partial charge >= 0.3 is 0 Å². The number of carbonyl (C=O) groups excluding carboxylic acids is 2. The molecular weight excluding hydrogens is 314 g/mol. The Morgan fingerprint density at radius 2 is 2.00 bits per heavy atom. The molecule has 0 fully saturated rings. The van der Waals surface area contributed by atoms with E-state index in [9.17, 15) is 9.59 Å². The van der Waals surface area contributed by atoms with E-state index >= 15 is 0 Å². The van der Waals surface area contributed by atoms with E-state index in [2.05, 4.69) is 28.4 Å². The first-order valence-corrected chi connectivity index (χ1v) is 8.71. The van der Waals surface area contributed by atoms with Crippen LogP contribution in [0.15, 0.2) is 36.4 Å². The standard InChI is InChI=1S/C20H25N3O2/c1-14(24)21-18-13-17-16-8-5-4-7-15(16)9-10-19(17)23(20(18)25)12-6-11-22(2)3/h4-5,7-10,18H,6,11-13H2,1-3H3,(H,21,24). The summed E-state index contributed by atoms with van der Waals surface area (Å²) in [5.41, 5.74) is 2.12. The quantitative estimate of drug-likeness (QED) is 0.908. The summed E-state index contributed by atoms with van der Waals surface area (Å²) in [4.78, 5) is 28.4.